The van der Waals surface area contributed by atoms with E-state index in [1.54, 1.807) is 4.90 Å². The van der Waals surface area contributed by atoms with E-state index in [1.165, 1.54) is 10.5 Å². The molecule has 1 aromatic rings. The molecule has 5 rings (SSSR count). The van der Waals surface area contributed by atoms with Crippen LogP contribution in [-0.2, 0) is 20.9 Å². The van der Waals surface area contributed by atoms with E-state index in [1.807, 2.05) is 18.2 Å². The van der Waals surface area contributed by atoms with Gasteiger partial charge in [0, 0.05) is 42.4 Å². The second-order valence-corrected chi connectivity index (χ2v) is 11.0. The van der Waals surface area contributed by atoms with Gasteiger partial charge in [0.05, 0.1) is 11.8 Å². The molecule has 0 N–H and O–H groups in total. The molecule has 2 aliphatic carbocycles. The zero-order chi connectivity index (χ0) is 21.0. The largest absolute Gasteiger partial charge is 0.339 e. The van der Waals surface area contributed by atoms with E-state index in [0.717, 1.165) is 26.1 Å². The summed E-state index contributed by atoms with van der Waals surface area (Å²) < 4.78 is 0. The van der Waals surface area contributed by atoms with Crippen molar-refractivity contribution in [3.8, 4) is 0 Å². The van der Waals surface area contributed by atoms with Crippen molar-refractivity contribution in [3.05, 3.63) is 35.9 Å². The molecule has 0 unspecified atom stereocenters. The quantitative estimate of drug-likeness (QED) is 0.435. The maximum Gasteiger partial charge on any atom is 0.242 e. The number of amides is 3. The van der Waals surface area contributed by atoms with Gasteiger partial charge in [-0.2, -0.15) is 0 Å². The molecule has 8 heteroatoms. The molecule has 3 amide bonds. The average Bonchev–Trinajstić information content (AvgIpc) is 3.36. The number of carbonyl (C=O) groups is 3. The van der Waals surface area contributed by atoms with Gasteiger partial charge in [0.1, 0.15) is 6.54 Å². The first-order valence-electron chi connectivity index (χ1n) is 10.6. The second kappa shape index (κ2) is 8.02. The van der Waals surface area contributed by atoms with Crippen LogP contribution in [0.1, 0.15) is 12.0 Å². The number of piperazine rings is 1. The van der Waals surface area contributed by atoms with Gasteiger partial charge in [0.15, 0.2) is 0 Å². The van der Waals surface area contributed by atoms with E-state index >= 15 is 0 Å². The van der Waals surface area contributed by atoms with Crippen LogP contribution >= 0.6 is 31.9 Å². The lowest BCUT2D eigenvalue weighted by Gasteiger charge is -2.35. The standard InChI is InChI=1S/C22H25Br2N3O3/c23-19-14-10-15(20(19)24)18-17(14)21(29)27(22(18)30)12-16(28)26-8-6-25(7-9-26)11-13-4-2-1-3-5-13/h1-5,14-15,17-20H,6-12H2/t14-,15+,17-,18+,19-,20+. The van der Waals surface area contributed by atoms with E-state index in [4.69, 9.17) is 0 Å². The number of nitrogens with zero attached hydrogens (tertiary/aromatic N) is 3. The summed E-state index contributed by atoms with van der Waals surface area (Å²) in [6.07, 6.45) is 0.907. The van der Waals surface area contributed by atoms with Gasteiger partial charge in [-0.25, -0.2) is 0 Å². The van der Waals surface area contributed by atoms with Crippen LogP contribution in [0.3, 0.4) is 0 Å². The third kappa shape index (κ3) is 3.35. The van der Waals surface area contributed by atoms with Crippen LogP contribution in [0.2, 0.25) is 0 Å². The van der Waals surface area contributed by atoms with E-state index < -0.39 is 0 Å². The fraction of sp³-hybridized carbons (Fsp3) is 0.591. The average molecular weight is 539 g/mol. The fourth-order valence-corrected chi connectivity index (χ4v) is 7.67. The molecule has 2 saturated heterocycles. The molecule has 30 heavy (non-hydrogen) atoms. The van der Waals surface area contributed by atoms with Crippen LogP contribution in [0.15, 0.2) is 30.3 Å². The number of imide groups is 1. The minimum absolute atomic E-state index is 0.108. The van der Waals surface area contributed by atoms with E-state index in [2.05, 4.69) is 48.9 Å². The Labute approximate surface area is 193 Å². The SMILES string of the molecule is O=C(CN1C(=O)[C@@H]2[C@H]3C[C@H]([C@H](Br)[C@@H]3Br)[C@@H]2C1=O)N1CCN(Cc2ccccc2)CC1. The lowest BCUT2D eigenvalue weighted by atomic mass is 9.81. The molecule has 4 aliphatic rings. The normalized spacial score (nSPS) is 35.9. The molecule has 2 aliphatic heterocycles. The topological polar surface area (TPSA) is 60.9 Å². The van der Waals surface area contributed by atoms with Crippen molar-refractivity contribution < 1.29 is 14.4 Å². The molecule has 0 spiro atoms. The molecule has 0 aromatic heterocycles. The number of rotatable bonds is 4. The highest BCUT2D eigenvalue weighted by molar-refractivity contribution is 9.12. The number of hydrogen-bond acceptors (Lipinski definition) is 4. The third-order valence-corrected chi connectivity index (χ3v) is 10.6. The summed E-state index contributed by atoms with van der Waals surface area (Å²) in [4.78, 5) is 44.7. The molecule has 2 bridgehead atoms. The Morgan fingerprint density at radius 2 is 1.47 bits per heavy atom. The molecule has 4 fully saturated rings. The van der Waals surface area contributed by atoms with Gasteiger partial charge in [0.25, 0.3) is 0 Å². The lowest BCUT2D eigenvalue weighted by Crippen LogP contribution is -2.51. The summed E-state index contributed by atoms with van der Waals surface area (Å²) in [5.74, 6) is -0.540. The lowest BCUT2D eigenvalue weighted by molar-refractivity contribution is -0.147. The van der Waals surface area contributed by atoms with Crippen molar-refractivity contribution in [2.24, 2.45) is 23.7 Å². The van der Waals surface area contributed by atoms with Crippen LogP contribution < -0.4 is 0 Å². The maximum atomic E-state index is 13.0. The Kier molecular flexibility index (Phi) is 5.52. The number of hydrogen-bond donors (Lipinski definition) is 0. The minimum atomic E-state index is -0.254. The minimum Gasteiger partial charge on any atom is -0.339 e. The zero-order valence-corrected chi connectivity index (χ0v) is 19.8. The summed E-state index contributed by atoms with van der Waals surface area (Å²) in [5, 5.41) is 0. The van der Waals surface area contributed by atoms with Gasteiger partial charge < -0.3 is 4.90 Å². The predicted molar refractivity (Wildman–Crippen MR) is 119 cm³/mol. The maximum absolute atomic E-state index is 13.0. The first-order chi connectivity index (χ1) is 14.5. The van der Waals surface area contributed by atoms with Crippen molar-refractivity contribution in [2.75, 3.05) is 32.7 Å². The summed E-state index contributed by atoms with van der Waals surface area (Å²) >= 11 is 7.40. The Balaban J connectivity index is 1.18. The van der Waals surface area contributed by atoms with Crippen molar-refractivity contribution in [1.29, 1.82) is 0 Å². The Hall–Kier alpha value is -1.25. The smallest absolute Gasteiger partial charge is 0.242 e. The molecule has 6 atom stereocenters. The molecule has 2 heterocycles. The predicted octanol–water partition coefficient (Wildman–Crippen LogP) is 2.11. The van der Waals surface area contributed by atoms with Crippen molar-refractivity contribution in [2.45, 2.75) is 22.6 Å². The van der Waals surface area contributed by atoms with E-state index in [0.29, 0.717) is 13.1 Å². The van der Waals surface area contributed by atoms with Gasteiger partial charge in [-0.3, -0.25) is 24.2 Å². The van der Waals surface area contributed by atoms with Gasteiger partial charge in [0.2, 0.25) is 17.7 Å². The molecular weight excluding hydrogens is 514 g/mol. The second-order valence-electron chi connectivity index (χ2n) is 8.91. The van der Waals surface area contributed by atoms with Crippen LogP contribution in [0.5, 0.6) is 0 Å². The number of halogens is 2. The number of fused-ring (bicyclic) bond motifs is 5. The summed E-state index contributed by atoms with van der Waals surface area (Å²) in [7, 11) is 0. The Bertz CT molecular complexity index is 826. The third-order valence-electron chi connectivity index (χ3n) is 7.35. The van der Waals surface area contributed by atoms with E-state index in [9.17, 15) is 14.4 Å². The molecular formula is C22H25Br2N3O3. The summed E-state index contributed by atoms with van der Waals surface area (Å²) in [6.45, 7) is 3.63. The molecule has 6 nitrogen and oxygen atoms in total. The van der Waals surface area contributed by atoms with Crippen molar-refractivity contribution >= 4 is 49.6 Å². The molecule has 0 radical (unpaired) electrons. The van der Waals surface area contributed by atoms with Gasteiger partial charge >= 0.3 is 0 Å². The van der Waals surface area contributed by atoms with Gasteiger partial charge in [-0.1, -0.05) is 62.2 Å². The Morgan fingerprint density at radius 3 is 2.03 bits per heavy atom. The zero-order valence-electron chi connectivity index (χ0n) is 16.6. The fourth-order valence-electron chi connectivity index (χ4n) is 5.80. The van der Waals surface area contributed by atoms with Crippen LogP contribution in [0.4, 0.5) is 0 Å². The number of alkyl halides is 2. The van der Waals surface area contributed by atoms with Crippen LogP contribution in [0.25, 0.3) is 0 Å². The first kappa shape index (κ1) is 20.6. The number of carbonyl (C=O) groups excluding carboxylic acids is 3. The van der Waals surface area contributed by atoms with Gasteiger partial charge in [-0.05, 0) is 23.8 Å². The number of likely N-dealkylation sites (tertiary alicyclic amines) is 1. The number of benzene rings is 1. The van der Waals surface area contributed by atoms with Crippen molar-refractivity contribution in [3.63, 3.8) is 0 Å². The first-order valence-corrected chi connectivity index (χ1v) is 12.5. The van der Waals surface area contributed by atoms with Crippen LogP contribution in [0, 0.1) is 23.7 Å². The highest BCUT2D eigenvalue weighted by Crippen LogP contribution is 2.60. The van der Waals surface area contributed by atoms with E-state index in [-0.39, 0.29) is 57.6 Å². The highest BCUT2D eigenvalue weighted by atomic mass is 79.9. The summed E-state index contributed by atoms with van der Waals surface area (Å²) in [6, 6.07) is 10.3. The molecule has 1 aromatic carbocycles. The molecule has 160 valence electrons. The Morgan fingerprint density at radius 1 is 0.900 bits per heavy atom. The highest BCUT2D eigenvalue weighted by Gasteiger charge is 2.66. The summed E-state index contributed by atoms with van der Waals surface area (Å²) in [5.41, 5.74) is 1.27. The molecule has 2 saturated carbocycles. The van der Waals surface area contributed by atoms with Gasteiger partial charge in [-0.15, -0.1) is 0 Å². The monoisotopic (exact) mass is 537 g/mol. The van der Waals surface area contributed by atoms with Crippen molar-refractivity contribution in [1.82, 2.24) is 14.7 Å². The van der Waals surface area contributed by atoms with Crippen LogP contribution in [-0.4, -0.2) is 74.8 Å².